The number of likely N-dealkylation sites (tertiary alicyclic amines) is 1. The quantitative estimate of drug-likeness (QED) is 0.658. The molecule has 0 saturated carbocycles. The first-order valence-corrected chi connectivity index (χ1v) is 12.1. The smallest absolute Gasteiger partial charge is 0.250 e. The normalized spacial score (nSPS) is 28.4. The van der Waals surface area contributed by atoms with Crippen molar-refractivity contribution in [3.05, 3.63) is 65.5 Å². The number of hydrogen-bond acceptors (Lipinski definition) is 5. The number of carbonyl (C=O) groups excluding carboxylic acids is 3. The van der Waals surface area contributed by atoms with E-state index in [0.29, 0.717) is 24.1 Å². The molecule has 0 aliphatic carbocycles. The molecule has 0 bridgehead atoms. The van der Waals surface area contributed by atoms with Crippen molar-refractivity contribution in [1.82, 2.24) is 10.2 Å². The molecule has 2 fully saturated rings. The van der Waals surface area contributed by atoms with Crippen molar-refractivity contribution in [3.63, 3.8) is 0 Å². The molecule has 1 spiro atoms. The van der Waals surface area contributed by atoms with Gasteiger partial charge in [-0.3, -0.25) is 24.6 Å². The summed E-state index contributed by atoms with van der Waals surface area (Å²) in [5, 5.41) is 6.13. The molecule has 6 nitrogen and oxygen atoms in total. The molecule has 5 rings (SSSR count). The number of rotatable bonds is 6. The Hall–Kier alpha value is -2.71. The van der Waals surface area contributed by atoms with Crippen LogP contribution in [0.5, 0.6) is 0 Å². The summed E-state index contributed by atoms with van der Waals surface area (Å²) in [6, 6.07) is 13.4. The van der Waals surface area contributed by atoms with E-state index in [1.807, 2.05) is 36.6 Å². The van der Waals surface area contributed by atoms with E-state index in [9.17, 15) is 18.8 Å². The van der Waals surface area contributed by atoms with E-state index in [1.54, 1.807) is 11.8 Å². The van der Waals surface area contributed by atoms with E-state index in [0.717, 1.165) is 11.3 Å². The maximum atomic E-state index is 14.2. The second kappa shape index (κ2) is 8.01. The Morgan fingerprint density at radius 3 is 2.62 bits per heavy atom. The minimum Gasteiger partial charge on any atom is -0.324 e. The van der Waals surface area contributed by atoms with Crippen LogP contribution >= 0.6 is 11.8 Å². The zero-order chi connectivity index (χ0) is 22.5. The molecule has 166 valence electrons. The van der Waals surface area contributed by atoms with Crippen LogP contribution in [0, 0.1) is 17.7 Å². The molecular weight excluding hydrogens is 429 g/mol. The van der Waals surface area contributed by atoms with Crippen molar-refractivity contribution < 1.29 is 18.8 Å². The van der Waals surface area contributed by atoms with Crippen LogP contribution in [0.25, 0.3) is 0 Å². The maximum Gasteiger partial charge on any atom is 0.250 e. The molecule has 2 saturated heterocycles. The predicted octanol–water partition coefficient (Wildman–Crippen LogP) is 2.54. The van der Waals surface area contributed by atoms with Gasteiger partial charge >= 0.3 is 0 Å². The van der Waals surface area contributed by atoms with Gasteiger partial charge in [-0.2, -0.15) is 11.8 Å². The number of anilines is 1. The SMILES string of the molecule is CSCC[C@@H]1N[C@]2(C(=O)Nc3ccc(F)cc32)[C@@H]2C(=O)N(CCc3ccccc3)C(=O)[C@H]12. The van der Waals surface area contributed by atoms with E-state index in [4.69, 9.17) is 0 Å². The molecule has 3 heterocycles. The van der Waals surface area contributed by atoms with Crippen LogP contribution in [0.3, 0.4) is 0 Å². The third-order valence-electron chi connectivity index (χ3n) is 6.87. The molecule has 3 aliphatic rings. The maximum absolute atomic E-state index is 14.2. The minimum absolute atomic E-state index is 0.246. The summed E-state index contributed by atoms with van der Waals surface area (Å²) < 4.78 is 14.2. The number of imide groups is 1. The first-order chi connectivity index (χ1) is 15.5. The number of halogens is 1. The van der Waals surface area contributed by atoms with E-state index < -0.39 is 29.1 Å². The fourth-order valence-electron chi connectivity index (χ4n) is 5.43. The molecule has 4 atom stereocenters. The second-order valence-corrected chi connectivity index (χ2v) is 9.54. The van der Waals surface area contributed by atoms with Gasteiger partial charge < -0.3 is 5.32 Å². The van der Waals surface area contributed by atoms with Gasteiger partial charge in [0.1, 0.15) is 11.4 Å². The van der Waals surface area contributed by atoms with Crippen molar-refractivity contribution in [2.75, 3.05) is 23.9 Å². The minimum atomic E-state index is -1.43. The van der Waals surface area contributed by atoms with Crippen LogP contribution in [0.2, 0.25) is 0 Å². The van der Waals surface area contributed by atoms with Gasteiger partial charge in [0.25, 0.3) is 0 Å². The van der Waals surface area contributed by atoms with Gasteiger partial charge in [-0.25, -0.2) is 4.39 Å². The number of benzene rings is 2. The highest BCUT2D eigenvalue weighted by Crippen LogP contribution is 2.53. The Labute approximate surface area is 189 Å². The Morgan fingerprint density at radius 2 is 1.88 bits per heavy atom. The van der Waals surface area contributed by atoms with Gasteiger partial charge in [-0.15, -0.1) is 0 Å². The lowest BCUT2D eigenvalue weighted by Gasteiger charge is -2.29. The zero-order valence-corrected chi connectivity index (χ0v) is 18.5. The average Bonchev–Trinajstić information content (AvgIpc) is 3.37. The molecule has 3 aliphatic heterocycles. The van der Waals surface area contributed by atoms with Gasteiger partial charge in [0, 0.05) is 23.8 Å². The third kappa shape index (κ3) is 3.08. The van der Waals surface area contributed by atoms with E-state index >= 15 is 0 Å². The van der Waals surface area contributed by atoms with Crippen LogP contribution in [0.4, 0.5) is 10.1 Å². The monoisotopic (exact) mass is 453 g/mol. The molecule has 32 heavy (non-hydrogen) atoms. The van der Waals surface area contributed by atoms with Crippen molar-refractivity contribution >= 4 is 35.2 Å². The summed E-state index contributed by atoms with van der Waals surface area (Å²) in [6.07, 6.45) is 3.15. The summed E-state index contributed by atoms with van der Waals surface area (Å²) in [4.78, 5) is 41.7. The second-order valence-electron chi connectivity index (χ2n) is 8.55. The first kappa shape index (κ1) is 21.2. The number of hydrogen-bond donors (Lipinski definition) is 2. The lowest BCUT2D eigenvalue weighted by molar-refractivity contribution is -0.142. The molecule has 2 aromatic rings. The largest absolute Gasteiger partial charge is 0.324 e. The van der Waals surface area contributed by atoms with Crippen molar-refractivity contribution in [3.8, 4) is 0 Å². The van der Waals surface area contributed by atoms with Gasteiger partial charge in [0.2, 0.25) is 17.7 Å². The number of nitrogens with one attached hydrogen (secondary N) is 2. The van der Waals surface area contributed by atoms with Crippen molar-refractivity contribution in [1.29, 1.82) is 0 Å². The molecule has 0 unspecified atom stereocenters. The fourth-order valence-corrected chi connectivity index (χ4v) is 5.92. The van der Waals surface area contributed by atoms with Gasteiger partial charge in [0.05, 0.1) is 11.8 Å². The van der Waals surface area contributed by atoms with Gasteiger partial charge in [-0.05, 0) is 48.6 Å². The van der Waals surface area contributed by atoms with Crippen LogP contribution in [0.1, 0.15) is 17.5 Å². The highest BCUT2D eigenvalue weighted by molar-refractivity contribution is 7.98. The summed E-state index contributed by atoms with van der Waals surface area (Å²) >= 11 is 1.64. The summed E-state index contributed by atoms with van der Waals surface area (Å²) in [7, 11) is 0. The molecule has 8 heteroatoms. The van der Waals surface area contributed by atoms with Crippen LogP contribution in [-0.4, -0.2) is 47.2 Å². The van der Waals surface area contributed by atoms with E-state index in [1.165, 1.54) is 23.1 Å². The predicted molar refractivity (Wildman–Crippen MR) is 120 cm³/mol. The summed E-state index contributed by atoms with van der Waals surface area (Å²) in [6.45, 7) is 0.262. The van der Waals surface area contributed by atoms with Gasteiger partial charge in [-0.1, -0.05) is 30.3 Å². The van der Waals surface area contributed by atoms with Crippen molar-refractivity contribution in [2.45, 2.75) is 24.4 Å². The number of nitrogens with zero attached hydrogens (tertiary/aromatic N) is 1. The number of amides is 3. The third-order valence-corrected chi connectivity index (χ3v) is 7.51. The number of thioether (sulfide) groups is 1. The van der Waals surface area contributed by atoms with Gasteiger partial charge in [0.15, 0.2) is 0 Å². The van der Waals surface area contributed by atoms with Crippen LogP contribution < -0.4 is 10.6 Å². The Morgan fingerprint density at radius 1 is 1.09 bits per heavy atom. The average molecular weight is 454 g/mol. The molecular formula is C24H24FN3O3S. The number of carbonyl (C=O) groups is 3. The summed E-state index contributed by atoms with van der Waals surface area (Å²) in [5.74, 6) is -2.24. The fraction of sp³-hybridized carbons (Fsp3) is 0.375. The molecule has 0 aromatic heterocycles. The Bertz CT molecular complexity index is 1100. The standard InChI is InChI=1S/C24H24FN3O3S/c1-32-12-10-18-19-20(22(30)28(21(19)29)11-9-14-5-3-2-4-6-14)24(27-18)16-13-15(25)7-8-17(16)26-23(24)31/h2-8,13,18-20,27H,9-12H2,1H3,(H,26,31)/t18-,19+,20-,24-/m0/s1. The lowest BCUT2D eigenvalue weighted by Crippen LogP contribution is -2.53. The molecule has 2 aromatic carbocycles. The van der Waals surface area contributed by atoms with Crippen LogP contribution in [0.15, 0.2) is 48.5 Å². The number of fused-ring (bicyclic) bond motifs is 4. The van der Waals surface area contributed by atoms with Crippen LogP contribution in [-0.2, 0) is 26.3 Å². The summed E-state index contributed by atoms with van der Waals surface area (Å²) in [5.41, 5.74) is 0.494. The molecule has 0 radical (unpaired) electrons. The highest BCUT2D eigenvalue weighted by atomic mass is 32.2. The van der Waals surface area contributed by atoms with E-state index in [2.05, 4.69) is 10.6 Å². The molecule has 3 amide bonds. The van der Waals surface area contributed by atoms with Crippen molar-refractivity contribution in [2.24, 2.45) is 11.8 Å². The lowest BCUT2D eigenvalue weighted by atomic mass is 9.76. The molecule has 2 N–H and O–H groups in total. The Kier molecular flexibility index (Phi) is 5.29. The topological polar surface area (TPSA) is 78.5 Å². The van der Waals surface area contributed by atoms with E-state index in [-0.39, 0.29) is 24.4 Å². The highest BCUT2D eigenvalue weighted by Gasteiger charge is 2.70. The first-order valence-electron chi connectivity index (χ1n) is 10.7. The Balaban J connectivity index is 1.53. The zero-order valence-electron chi connectivity index (χ0n) is 17.6.